The third-order valence-corrected chi connectivity index (χ3v) is 1.28. The van der Waals surface area contributed by atoms with Crippen molar-refractivity contribution in [3.8, 4) is 0 Å². The van der Waals surface area contributed by atoms with E-state index in [0.29, 0.717) is 6.54 Å². The average molecular weight is 171 g/mol. The largest absolute Gasteiger partial charge is 0.394 e. The number of hydrogen-bond acceptors (Lipinski definition) is 3. The molecule has 1 N–H and O–H groups in total. The van der Waals surface area contributed by atoms with Crippen molar-refractivity contribution in [3.63, 3.8) is 0 Å². The second-order valence-corrected chi connectivity index (χ2v) is 2.05. The van der Waals surface area contributed by atoms with Crippen LogP contribution >= 0.6 is 0 Å². The van der Waals surface area contributed by atoms with Crippen LogP contribution in [0.2, 0.25) is 0 Å². The van der Waals surface area contributed by atoms with Crippen LogP contribution in [-0.4, -0.2) is 26.7 Å². The summed E-state index contributed by atoms with van der Waals surface area (Å²) in [5, 5.41) is 16.2. The molecule has 4 nitrogen and oxygen atoms in total. The zero-order valence-corrected chi connectivity index (χ0v) is 7.99. The minimum absolute atomic E-state index is 0.118. The number of aryl methyl sites for hydroxylation is 1. The molecule has 1 aromatic rings. The highest BCUT2D eigenvalue weighted by molar-refractivity contribution is 4.90. The van der Waals surface area contributed by atoms with Gasteiger partial charge in [0.1, 0.15) is 0 Å². The molecule has 4 heteroatoms. The fourth-order valence-corrected chi connectivity index (χ4v) is 0.712. The maximum absolute atomic E-state index is 8.51. The average Bonchev–Trinajstić information content (AvgIpc) is 2.57. The van der Waals surface area contributed by atoms with E-state index in [1.165, 1.54) is 0 Å². The Kier molecular flexibility index (Phi) is 6.28. The highest BCUT2D eigenvalue weighted by Crippen LogP contribution is 1.92. The Bertz CT molecular complexity index is 198. The standard InChI is InChI=1S/C6H11N3O.C2H6/c1-2-6-5-9(3-4-10)8-7-6;1-2/h5,10H,2-4H2,1H3;1-2H3. The summed E-state index contributed by atoms with van der Waals surface area (Å²) in [6.07, 6.45) is 2.74. The Morgan fingerprint density at radius 3 is 2.58 bits per heavy atom. The molecular formula is C8H17N3O. The summed E-state index contributed by atoms with van der Waals surface area (Å²) in [7, 11) is 0. The fraction of sp³-hybridized carbons (Fsp3) is 0.750. The summed E-state index contributed by atoms with van der Waals surface area (Å²) in [6.45, 7) is 6.67. The first-order chi connectivity index (χ1) is 5.86. The molecule has 0 aliphatic rings. The molecule has 0 atom stereocenters. The van der Waals surface area contributed by atoms with Gasteiger partial charge >= 0.3 is 0 Å². The molecular weight excluding hydrogens is 154 g/mol. The van der Waals surface area contributed by atoms with Crippen LogP contribution in [0.15, 0.2) is 6.20 Å². The van der Waals surface area contributed by atoms with Gasteiger partial charge in [0.2, 0.25) is 0 Å². The predicted molar refractivity (Wildman–Crippen MR) is 47.8 cm³/mol. The summed E-state index contributed by atoms with van der Waals surface area (Å²) < 4.78 is 1.64. The first-order valence-corrected chi connectivity index (χ1v) is 4.36. The monoisotopic (exact) mass is 171 g/mol. The van der Waals surface area contributed by atoms with Crippen LogP contribution in [0.25, 0.3) is 0 Å². The van der Waals surface area contributed by atoms with Crippen molar-refractivity contribution in [3.05, 3.63) is 11.9 Å². The third-order valence-electron chi connectivity index (χ3n) is 1.28. The van der Waals surface area contributed by atoms with Crippen molar-refractivity contribution in [2.75, 3.05) is 6.61 Å². The maximum Gasteiger partial charge on any atom is 0.0824 e. The summed E-state index contributed by atoms with van der Waals surface area (Å²) in [5.74, 6) is 0. The molecule has 0 aromatic carbocycles. The van der Waals surface area contributed by atoms with Crippen LogP contribution in [0.4, 0.5) is 0 Å². The fourth-order valence-electron chi connectivity index (χ4n) is 0.712. The quantitative estimate of drug-likeness (QED) is 0.733. The highest BCUT2D eigenvalue weighted by Gasteiger charge is 1.95. The number of aromatic nitrogens is 3. The SMILES string of the molecule is CC.CCc1cn(CCO)nn1. The molecule has 0 radical (unpaired) electrons. The topological polar surface area (TPSA) is 50.9 Å². The van der Waals surface area contributed by atoms with Crippen molar-refractivity contribution in [1.29, 1.82) is 0 Å². The van der Waals surface area contributed by atoms with Gasteiger partial charge in [-0.05, 0) is 6.42 Å². The van der Waals surface area contributed by atoms with Crippen LogP contribution in [0, 0.1) is 0 Å². The first-order valence-electron chi connectivity index (χ1n) is 4.36. The molecule has 1 rings (SSSR count). The normalized spacial score (nSPS) is 9.00. The Hall–Kier alpha value is -0.900. The van der Waals surface area contributed by atoms with E-state index in [9.17, 15) is 0 Å². The van der Waals surface area contributed by atoms with Crippen LogP contribution < -0.4 is 0 Å². The summed E-state index contributed by atoms with van der Waals surface area (Å²) in [6, 6.07) is 0. The predicted octanol–water partition coefficient (Wildman–Crippen LogP) is 0.859. The van der Waals surface area contributed by atoms with E-state index in [4.69, 9.17) is 5.11 Å². The van der Waals surface area contributed by atoms with Gasteiger partial charge in [-0.25, -0.2) is 4.68 Å². The number of aliphatic hydroxyl groups is 1. The van der Waals surface area contributed by atoms with Gasteiger partial charge in [0.05, 0.1) is 18.8 Å². The van der Waals surface area contributed by atoms with E-state index in [1.54, 1.807) is 4.68 Å². The number of aliphatic hydroxyl groups excluding tert-OH is 1. The molecule has 0 saturated carbocycles. The van der Waals surface area contributed by atoms with Crippen molar-refractivity contribution < 1.29 is 5.11 Å². The lowest BCUT2D eigenvalue weighted by atomic mass is 10.4. The van der Waals surface area contributed by atoms with Gasteiger partial charge in [0.25, 0.3) is 0 Å². The van der Waals surface area contributed by atoms with Crippen LogP contribution in [0.3, 0.4) is 0 Å². The summed E-state index contributed by atoms with van der Waals surface area (Å²) in [4.78, 5) is 0. The van der Waals surface area contributed by atoms with E-state index in [0.717, 1.165) is 12.1 Å². The zero-order valence-electron chi connectivity index (χ0n) is 7.99. The molecule has 70 valence electrons. The summed E-state index contributed by atoms with van der Waals surface area (Å²) in [5.41, 5.74) is 0.966. The van der Waals surface area contributed by atoms with Gasteiger partial charge in [0, 0.05) is 6.20 Å². The van der Waals surface area contributed by atoms with Crippen LogP contribution in [0.5, 0.6) is 0 Å². The van der Waals surface area contributed by atoms with Gasteiger partial charge < -0.3 is 5.11 Å². The second-order valence-electron chi connectivity index (χ2n) is 2.05. The molecule has 0 bridgehead atoms. The van der Waals surface area contributed by atoms with Gasteiger partial charge in [-0.2, -0.15) is 0 Å². The van der Waals surface area contributed by atoms with Crippen molar-refractivity contribution in [2.24, 2.45) is 0 Å². The first kappa shape index (κ1) is 11.1. The molecule has 0 aliphatic heterocycles. The lowest BCUT2D eigenvalue weighted by molar-refractivity contribution is 0.268. The van der Waals surface area contributed by atoms with Gasteiger partial charge in [-0.3, -0.25) is 0 Å². The molecule has 1 aromatic heterocycles. The van der Waals surface area contributed by atoms with Gasteiger partial charge in [0.15, 0.2) is 0 Å². The Balaban J connectivity index is 0.000000561. The van der Waals surface area contributed by atoms with E-state index < -0.39 is 0 Å². The zero-order chi connectivity index (χ0) is 9.40. The molecule has 0 amide bonds. The minimum Gasteiger partial charge on any atom is -0.394 e. The smallest absolute Gasteiger partial charge is 0.0824 e. The van der Waals surface area contributed by atoms with E-state index in [-0.39, 0.29) is 6.61 Å². The van der Waals surface area contributed by atoms with Crippen molar-refractivity contribution >= 4 is 0 Å². The molecule has 0 unspecified atom stereocenters. The lowest BCUT2D eigenvalue weighted by Gasteiger charge is -1.91. The molecule has 0 spiro atoms. The molecule has 12 heavy (non-hydrogen) atoms. The Morgan fingerprint density at radius 1 is 1.50 bits per heavy atom. The molecule has 0 fully saturated rings. The molecule has 0 saturated heterocycles. The van der Waals surface area contributed by atoms with Crippen molar-refractivity contribution in [2.45, 2.75) is 33.7 Å². The lowest BCUT2D eigenvalue weighted by Crippen LogP contribution is -2.02. The number of hydrogen-bond donors (Lipinski definition) is 1. The Morgan fingerprint density at radius 2 is 2.17 bits per heavy atom. The van der Waals surface area contributed by atoms with Crippen LogP contribution in [-0.2, 0) is 13.0 Å². The van der Waals surface area contributed by atoms with E-state index >= 15 is 0 Å². The molecule has 1 heterocycles. The summed E-state index contributed by atoms with van der Waals surface area (Å²) >= 11 is 0. The van der Waals surface area contributed by atoms with Crippen LogP contribution in [0.1, 0.15) is 26.5 Å². The minimum atomic E-state index is 0.118. The van der Waals surface area contributed by atoms with Gasteiger partial charge in [-0.1, -0.05) is 26.0 Å². The van der Waals surface area contributed by atoms with Gasteiger partial charge in [-0.15, -0.1) is 5.10 Å². The number of rotatable bonds is 3. The molecule has 0 aliphatic carbocycles. The Labute approximate surface area is 73.2 Å². The second kappa shape index (κ2) is 6.79. The number of nitrogens with zero attached hydrogens (tertiary/aromatic N) is 3. The van der Waals surface area contributed by atoms with Crippen molar-refractivity contribution in [1.82, 2.24) is 15.0 Å². The maximum atomic E-state index is 8.51. The third kappa shape index (κ3) is 3.48. The van der Waals surface area contributed by atoms with E-state index in [2.05, 4.69) is 10.3 Å². The highest BCUT2D eigenvalue weighted by atomic mass is 16.3. The van der Waals surface area contributed by atoms with E-state index in [1.807, 2.05) is 27.0 Å².